The Balaban J connectivity index is 2.82. The third-order valence-corrected chi connectivity index (χ3v) is 3.18. The molecule has 0 bridgehead atoms. The predicted octanol–water partition coefficient (Wildman–Crippen LogP) is 3.42. The van der Waals surface area contributed by atoms with E-state index in [1.54, 1.807) is 38.1 Å². The summed E-state index contributed by atoms with van der Waals surface area (Å²) in [5.41, 5.74) is 4.92. The lowest BCUT2D eigenvalue weighted by Gasteiger charge is -2.24. The summed E-state index contributed by atoms with van der Waals surface area (Å²) in [5, 5.41) is 0.584. The van der Waals surface area contributed by atoms with Crippen molar-refractivity contribution in [3.63, 3.8) is 0 Å². The first-order chi connectivity index (χ1) is 8.27. The number of aromatic nitrogens is 1. The van der Waals surface area contributed by atoms with Crippen LogP contribution < -0.4 is 5.73 Å². The number of benzene rings is 1. The van der Waals surface area contributed by atoms with E-state index >= 15 is 0 Å². The first kappa shape index (κ1) is 13.0. The van der Waals surface area contributed by atoms with Gasteiger partial charge in [-0.3, -0.25) is 0 Å². The molecule has 98 valence electrons. The van der Waals surface area contributed by atoms with Crippen LogP contribution in [0.5, 0.6) is 0 Å². The van der Waals surface area contributed by atoms with E-state index in [0.29, 0.717) is 10.9 Å². The molecule has 0 aliphatic heterocycles. The number of hydrogen-bond acceptors (Lipinski definition) is 1. The van der Waals surface area contributed by atoms with Crippen LogP contribution in [0.25, 0.3) is 10.9 Å². The van der Waals surface area contributed by atoms with Crippen LogP contribution in [0.1, 0.15) is 25.1 Å². The summed E-state index contributed by atoms with van der Waals surface area (Å²) in [4.78, 5) is 2.46. The topological polar surface area (TPSA) is 41.8 Å². The molecule has 1 heterocycles. The van der Waals surface area contributed by atoms with Crippen LogP contribution >= 0.6 is 0 Å². The molecule has 0 amide bonds. The van der Waals surface area contributed by atoms with Gasteiger partial charge >= 0.3 is 6.18 Å². The maximum Gasteiger partial charge on any atom is 0.431 e. The van der Waals surface area contributed by atoms with Crippen molar-refractivity contribution in [2.45, 2.75) is 25.4 Å². The number of aromatic amines is 1. The number of alkyl halides is 3. The summed E-state index contributed by atoms with van der Waals surface area (Å²) >= 11 is 0. The second kappa shape index (κ2) is 4.02. The van der Waals surface area contributed by atoms with Crippen molar-refractivity contribution in [1.82, 2.24) is 4.98 Å². The van der Waals surface area contributed by atoms with Crippen LogP contribution in [-0.2, 0) is 11.6 Å². The number of nitrogens with one attached hydrogen (secondary N) is 1. The number of rotatable bonds is 2. The molecule has 0 aliphatic rings. The molecule has 1 aromatic carbocycles. The lowest BCUT2D eigenvalue weighted by molar-refractivity contribution is -0.141. The normalized spacial score (nSPS) is 13.2. The minimum absolute atomic E-state index is 0.151. The van der Waals surface area contributed by atoms with Crippen LogP contribution in [0.3, 0.4) is 0 Å². The Kier molecular flexibility index (Phi) is 2.89. The summed E-state index contributed by atoms with van der Waals surface area (Å²) in [6.45, 7) is 3.59. The van der Waals surface area contributed by atoms with Gasteiger partial charge in [0.05, 0.1) is 0 Å². The molecule has 2 nitrogen and oxygen atoms in total. The number of hydrogen-bond donors (Lipinski definition) is 2. The van der Waals surface area contributed by atoms with E-state index in [0.717, 1.165) is 0 Å². The third kappa shape index (κ3) is 1.99. The standard InChI is InChI=1S/C13H15F3N2/c1-12(2,7-17)10-8-5-3-4-6-9(8)18-11(10)13(14,15)16/h3-6,18H,7,17H2,1-2H3. The zero-order chi connectivity index (χ0) is 13.6. The van der Waals surface area contributed by atoms with Crippen molar-refractivity contribution in [2.75, 3.05) is 6.54 Å². The van der Waals surface area contributed by atoms with Crippen LogP contribution in [0.15, 0.2) is 24.3 Å². The Labute approximate surface area is 103 Å². The Morgan fingerprint density at radius 2 is 1.78 bits per heavy atom. The van der Waals surface area contributed by atoms with Crippen LogP contribution in [0.4, 0.5) is 13.2 Å². The minimum atomic E-state index is -4.40. The van der Waals surface area contributed by atoms with E-state index in [-0.39, 0.29) is 12.1 Å². The summed E-state index contributed by atoms with van der Waals surface area (Å²) in [5.74, 6) is 0. The first-order valence-electron chi connectivity index (χ1n) is 5.66. The van der Waals surface area contributed by atoms with Gasteiger partial charge in [0.15, 0.2) is 0 Å². The zero-order valence-corrected chi connectivity index (χ0v) is 10.2. The van der Waals surface area contributed by atoms with Crippen molar-refractivity contribution in [3.8, 4) is 0 Å². The van der Waals surface area contributed by atoms with E-state index in [2.05, 4.69) is 4.98 Å². The molecule has 0 spiro atoms. The van der Waals surface area contributed by atoms with Crippen molar-refractivity contribution in [3.05, 3.63) is 35.5 Å². The van der Waals surface area contributed by atoms with Crippen LogP contribution in [-0.4, -0.2) is 11.5 Å². The van der Waals surface area contributed by atoms with Crippen LogP contribution in [0.2, 0.25) is 0 Å². The first-order valence-corrected chi connectivity index (χ1v) is 5.66. The molecule has 0 aliphatic carbocycles. The highest BCUT2D eigenvalue weighted by Crippen LogP contribution is 2.41. The predicted molar refractivity (Wildman–Crippen MR) is 65.4 cm³/mol. The third-order valence-electron chi connectivity index (χ3n) is 3.18. The maximum atomic E-state index is 13.1. The largest absolute Gasteiger partial charge is 0.431 e. The highest BCUT2D eigenvalue weighted by atomic mass is 19.4. The smallest absolute Gasteiger partial charge is 0.351 e. The molecule has 2 aromatic rings. The van der Waals surface area contributed by atoms with Gasteiger partial charge in [0.2, 0.25) is 0 Å². The molecule has 0 saturated heterocycles. The van der Waals surface area contributed by atoms with E-state index in [1.165, 1.54) is 0 Å². The molecule has 18 heavy (non-hydrogen) atoms. The molecule has 3 N–H and O–H groups in total. The fourth-order valence-corrected chi connectivity index (χ4v) is 2.16. The molecular weight excluding hydrogens is 241 g/mol. The van der Waals surface area contributed by atoms with E-state index in [4.69, 9.17) is 5.73 Å². The van der Waals surface area contributed by atoms with Crippen LogP contribution in [0, 0.1) is 0 Å². The molecule has 5 heteroatoms. The minimum Gasteiger partial charge on any atom is -0.351 e. The molecule has 0 unspecified atom stereocenters. The number of fused-ring (bicyclic) bond motifs is 1. The second-order valence-electron chi connectivity index (χ2n) is 5.01. The molecular formula is C13H15F3N2. The quantitative estimate of drug-likeness (QED) is 0.849. The summed E-state index contributed by atoms with van der Waals surface area (Å²) < 4.78 is 39.2. The number of halogens is 3. The number of nitrogens with two attached hydrogens (primary N) is 1. The van der Waals surface area contributed by atoms with E-state index < -0.39 is 17.3 Å². The van der Waals surface area contributed by atoms with Gasteiger partial charge in [0, 0.05) is 22.9 Å². The molecule has 1 aromatic heterocycles. The van der Waals surface area contributed by atoms with E-state index in [1.807, 2.05) is 0 Å². The fraction of sp³-hybridized carbons (Fsp3) is 0.385. The second-order valence-corrected chi connectivity index (χ2v) is 5.01. The summed E-state index contributed by atoms with van der Waals surface area (Å²) in [6, 6.07) is 6.76. The molecule has 0 saturated carbocycles. The van der Waals surface area contributed by atoms with Gasteiger partial charge in [0.25, 0.3) is 0 Å². The van der Waals surface area contributed by atoms with Gasteiger partial charge in [-0.1, -0.05) is 32.0 Å². The average molecular weight is 256 g/mol. The van der Waals surface area contributed by atoms with Gasteiger partial charge in [-0.15, -0.1) is 0 Å². The highest BCUT2D eigenvalue weighted by Gasteiger charge is 2.40. The highest BCUT2D eigenvalue weighted by molar-refractivity contribution is 5.86. The molecule has 0 atom stereocenters. The average Bonchev–Trinajstić information content (AvgIpc) is 2.68. The lowest BCUT2D eigenvalue weighted by Crippen LogP contribution is -2.30. The zero-order valence-electron chi connectivity index (χ0n) is 10.2. The fourth-order valence-electron chi connectivity index (χ4n) is 2.16. The van der Waals surface area contributed by atoms with Gasteiger partial charge < -0.3 is 10.7 Å². The van der Waals surface area contributed by atoms with Gasteiger partial charge in [0.1, 0.15) is 5.69 Å². The van der Waals surface area contributed by atoms with Crippen molar-refractivity contribution >= 4 is 10.9 Å². The Morgan fingerprint density at radius 3 is 2.33 bits per heavy atom. The van der Waals surface area contributed by atoms with Crippen molar-refractivity contribution < 1.29 is 13.2 Å². The molecule has 0 fully saturated rings. The Bertz CT molecular complexity index is 567. The molecule has 0 radical (unpaired) electrons. The summed E-state index contributed by atoms with van der Waals surface area (Å²) in [7, 11) is 0. The maximum absolute atomic E-state index is 13.1. The monoisotopic (exact) mass is 256 g/mol. The summed E-state index contributed by atoms with van der Waals surface area (Å²) in [6.07, 6.45) is -4.40. The van der Waals surface area contributed by atoms with Crippen molar-refractivity contribution in [2.24, 2.45) is 5.73 Å². The van der Waals surface area contributed by atoms with E-state index in [9.17, 15) is 13.2 Å². The lowest BCUT2D eigenvalue weighted by atomic mass is 9.82. The Morgan fingerprint density at radius 1 is 1.17 bits per heavy atom. The van der Waals surface area contributed by atoms with Gasteiger partial charge in [-0.2, -0.15) is 13.2 Å². The number of H-pyrrole nitrogens is 1. The van der Waals surface area contributed by atoms with Crippen molar-refractivity contribution in [1.29, 1.82) is 0 Å². The van der Waals surface area contributed by atoms with Gasteiger partial charge in [-0.05, 0) is 11.6 Å². The van der Waals surface area contributed by atoms with Gasteiger partial charge in [-0.25, -0.2) is 0 Å². The molecule has 2 rings (SSSR count). The SMILES string of the molecule is CC(C)(CN)c1c(C(F)(F)F)[nH]c2ccccc12. The Hall–Kier alpha value is -1.49. The number of para-hydroxylation sites is 1.